The third kappa shape index (κ3) is 3.00. The van der Waals surface area contributed by atoms with Crippen LogP contribution in [-0.4, -0.2) is 22.6 Å². The molecule has 0 amide bonds. The summed E-state index contributed by atoms with van der Waals surface area (Å²) in [5.74, 6) is 0. The maximum Gasteiger partial charge on any atom is 0.0998 e. The Hall–Kier alpha value is -1.00. The summed E-state index contributed by atoms with van der Waals surface area (Å²) in [6.07, 6.45) is 5.86. The minimum absolute atomic E-state index is 0.569. The maximum absolute atomic E-state index is 4.56. The van der Waals surface area contributed by atoms with Gasteiger partial charge in [0.15, 0.2) is 0 Å². The molecule has 16 heavy (non-hydrogen) atoms. The summed E-state index contributed by atoms with van der Waals surface area (Å²) in [6.45, 7) is 5.40. The van der Waals surface area contributed by atoms with Crippen LogP contribution in [0, 0.1) is 0 Å². The average molecular weight is 235 g/mol. The molecular formula is C12H17N3S. The SMILES string of the molecule is CC(C)NCCCc1nc2cnccc2s1. The summed E-state index contributed by atoms with van der Waals surface area (Å²) in [6, 6.07) is 2.60. The van der Waals surface area contributed by atoms with Gasteiger partial charge in [0.25, 0.3) is 0 Å². The van der Waals surface area contributed by atoms with Crippen molar-refractivity contribution in [2.75, 3.05) is 6.54 Å². The van der Waals surface area contributed by atoms with E-state index in [2.05, 4.69) is 29.1 Å². The lowest BCUT2D eigenvalue weighted by atomic mass is 10.3. The number of nitrogens with one attached hydrogen (secondary N) is 1. The van der Waals surface area contributed by atoms with Gasteiger partial charge in [-0.1, -0.05) is 13.8 Å². The van der Waals surface area contributed by atoms with Gasteiger partial charge in [-0.15, -0.1) is 11.3 Å². The van der Waals surface area contributed by atoms with Crippen LogP contribution in [0.15, 0.2) is 18.5 Å². The molecule has 0 saturated carbocycles. The molecule has 0 atom stereocenters. The van der Waals surface area contributed by atoms with E-state index >= 15 is 0 Å². The first-order chi connectivity index (χ1) is 7.75. The minimum Gasteiger partial charge on any atom is -0.315 e. The van der Waals surface area contributed by atoms with Crippen molar-refractivity contribution >= 4 is 21.6 Å². The standard InChI is InChI=1S/C12H17N3S/c1-9(2)14-6-3-4-12-15-10-8-13-7-5-11(10)16-12/h5,7-9,14H,3-4,6H2,1-2H3. The molecule has 0 aromatic carbocycles. The molecule has 0 fully saturated rings. The van der Waals surface area contributed by atoms with Gasteiger partial charge in [0.05, 0.1) is 21.4 Å². The molecule has 0 aliphatic carbocycles. The summed E-state index contributed by atoms with van der Waals surface area (Å²) in [5, 5.41) is 4.63. The van der Waals surface area contributed by atoms with Crippen molar-refractivity contribution in [3.05, 3.63) is 23.5 Å². The van der Waals surface area contributed by atoms with Gasteiger partial charge in [-0.2, -0.15) is 0 Å². The summed E-state index contributed by atoms with van der Waals surface area (Å²) < 4.78 is 1.24. The van der Waals surface area contributed by atoms with Crippen molar-refractivity contribution in [1.29, 1.82) is 0 Å². The van der Waals surface area contributed by atoms with E-state index in [1.165, 1.54) is 9.71 Å². The number of aryl methyl sites for hydroxylation is 1. The molecule has 2 aromatic rings. The van der Waals surface area contributed by atoms with E-state index < -0.39 is 0 Å². The van der Waals surface area contributed by atoms with Crippen molar-refractivity contribution in [3.8, 4) is 0 Å². The maximum atomic E-state index is 4.56. The summed E-state index contributed by atoms with van der Waals surface area (Å²) in [4.78, 5) is 8.64. The van der Waals surface area contributed by atoms with Crippen LogP contribution in [0.25, 0.3) is 10.2 Å². The number of hydrogen-bond acceptors (Lipinski definition) is 4. The second kappa shape index (κ2) is 5.37. The van der Waals surface area contributed by atoms with Crippen LogP contribution in [0.3, 0.4) is 0 Å². The van der Waals surface area contributed by atoms with E-state index in [1.54, 1.807) is 11.3 Å². The molecule has 0 aliphatic rings. The zero-order valence-electron chi connectivity index (χ0n) is 9.73. The molecular weight excluding hydrogens is 218 g/mol. The smallest absolute Gasteiger partial charge is 0.0998 e. The highest BCUT2D eigenvalue weighted by atomic mass is 32.1. The number of hydrogen-bond donors (Lipinski definition) is 1. The lowest BCUT2D eigenvalue weighted by molar-refractivity contribution is 0.570. The highest BCUT2D eigenvalue weighted by molar-refractivity contribution is 7.18. The van der Waals surface area contributed by atoms with E-state index in [1.807, 2.05) is 18.5 Å². The fourth-order valence-corrected chi connectivity index (χ4v) is 2.54. The Balaban J connectivity index is 1.89. The summed E-state index contributed by atoms with van der Waals surface area (Å²) in [5.41, 5.74) is 1.03. The fraction of sp³-hybridized carbons (Fsp3) is 0.500. The topological polar surface area (TPSA) is 37.8 Å². The number of pyridine rings is 1. The third-order valence-electron chi connectivity index (χ3n) is 2.35. The van der Waals surface area contributed by atoms with E-state index in [0.29, 0.717) is 6.04 Å². The largest absolute Gasteiger partial charge is 0.315 e. The molecule has 0 aliphatic heterocycles. The van der Waals surface area contributed by atoms with Crippen LogP contribution in [0.4, 0.5) is 0 Å². The Kier molecular flexibility index (Phi) is 3.85. The first kappa shape index (κ1) is 11.5. The average Bonchev–Trinajstić information content (AvgIpc) is 2.66. The van der Waals surface area contributed by atoms with Crippen molar-refractivity contribution in [3.63, 3.8) is 0 Å². The Morgan fingerprint density at radius 3 is 3.06 bits per heavy atom. The van der Waals surface area contributed by atoms with Gasteiger partial charge in [0, 0.05) is 18.7 Å². The molecule has 3 nitrogen and oxygen atoms in total. The van der Waals surface area contributed by atoms with Gasteiger partial charge in [0.1, 0.15) is 0 Å². The van der Waals surface area contributed by atoms with E-state index in [-0.39, 0.29) is 0 Å². The molecule has 2 rings (SSSR count). The molecule has 0 saturated heterocycles. The second-order valence-electron chi connectivity index (χ2n) is 4.16. The second-order valence-corrected chi connectivity index (χ2v) is 5.28. The number of aromatic nitrogens is 2. The molecule has 1 N–H and O–H groups in total. The van der Waals surface area contributed by atoms with Crippen molar-refractivity contribution in [1.82, 2.24) is 15.3 Å². The monoisotopic (exact) mass is 235 g/mol. The predicted octanol–water partition coefficient (Wildman–Crippen LogP) is 2.62. The number of nitrogens with zero attached hydrogens (tertiary/aromatic N) is 2. The number of fused-ring (bicyclic) bond motifs is 1. The Bertz CT molecular complexity index is 417. The lowest BCUT2D eigenvalue weighted by Gasteiger charge is -2.05. The molecule has 0 bridgehead atoms. The van der Waals surface area contributed by atoms with Crippen LogP contribution >= 0.6 is 11.3 Å². The van der Waals surface area contributed by atoms with Crippen molar-refractivity contribution in [2.45, 2.75) is 32.7 Å². The van der Waals surface area contributed by atoms with Gasteiger partial charge >= 0.3 is 0 Å². The Labute approximate surface area is 99.9 Å². The zero-order valence-corrected chi connectivity index (χ0v) is 10.5. The first-order valence-electron chi connectivity index (χ1n) is 5.68. The van der Waals surface area contributed by atoms with Crippen LogP contribution in [0.5, 0.6) is 0 Å². The quantitative estimate of drug-likeness (QED) is 0.810. The molecule has 4 heteroatoms. The normalized spacial score (nSPS) is 11.4. The van der Waals surface area contributed by atoms with Gasteiger partial charge in [-0.05, 0) is 19.0 Å². The van der Waals surface area contributed by atoms with Crippen LogP contribution in [0.2, 0.25) is 0 Å². The lowest BCUT2D eigenvalue weighted by Crippen LogP contribution is -2.23. The summed E-state index contributed by atoms with van der Waals surface area (Å²) >= 11 is 1.78. The van der Waals surface area contributed by atoms with Crippen molar-refractivity contribution in [2.24, 2.45) is 0 Å². The van der Waals surface area contributed by atoms with E-state index in [9.17, 15) is 0 Å². The number of thiazole rings is 1. The van der Waals surface area contributed by atoms with Crippen LogP contribution < -0.4 is 5.32 Å². The van der Waals surface area contributed by atoms with Crippen LogP contribution in [0.1, 0.15) is 25.3 Å². The zero-order chi connectivity index (χ0) is 11.4. The van der Waals surface area contributed by atoms with E-state index in [4.69, 9.17) is 0 Å². The Morgan fingerprint density at radius 2 is 2.31 bits per heavy atom. The van der Waals surface area contributed by atoms with Crippen LogP contribution in [-0.2, 0) is 6.42 Å². The first-order valence-corrected chi connectivity index (χ1v) is 6.50. The Morgan fingerprint density at radius 1 is 1.44 bits per heavy atom. The predicted molar refractivity (Wildman–Crippen MR) is 68.9 cm³/mol. The minimum atomic E-state index is 0.569. The van der Waals surface area contributed by atoms with Gasteiger partial charge in [0.2, 0.25) is 0 Å². The van der Waals surface area contributed by atoms with Gasteiger partial charge in [-0.25, -0.2) is 4.98 Å². The molecule has 2 aromatic heterocycles. The molecule has 0 spiro atoms. The molecule has 2 heterocycles. The fourth-order valence-electron chi connectivity index (χ4n) is 1.57. The molecule has 0 radical (unpaired) electrons. The third-order valence-corrected chi connectivity index (χ3v) is 3.45. The summed E-state index contributed by atoms with van der Waals surface area (Å²) in [7, 11) is 0. The number of rotatable bonds is 5. The van der Waals surface area contributed by atoms with Gasteiger partial charge < -0.3 is 5.32 Å². The molecule has 0 unspecified atom stereocenters. The van der Waals surface area contributed by atoms with Crippen molar-refractivity contribution < 1.29 is 0 Å². The highest BCUT2D eigenvalue weighted by Crippen LogP contribution is 2.21. The van der Waals surface area contributed by atoms with Gasteiger partial charge in [-0.3, -0.25) is 4.98 Å². The molecule has 86 valence electrons. The van der Waals surface area contributed by atoms with E-state index in [0.717, 1.165) is 24.9 Å². The highest BCUT2D eigenvalue weighted by Gasteiger charge is 2.03.